The van der Waals surface area contributed by atoms with Crippen LogP contribution in [-0.4, -0.2) is 72.5 Å². The molecule has 0 spiro atoms. The molecule has 9 nitrogen and oxygen atoms in total. The van der Waals surface area contributed by atoms with Crippen LogP contribution in [0.1, 0.15) is 23.6 Å². The molecule has 0 aliphatic carbocycles. The molecule has 0 amide bonds. The Morgan fingerprint density at radius 1 is 1.03 bits per heavy atom. The maximum atomic E-state index is 13.3. The van der Waals surface area contributed by atoms with Gasteiger partial charge in [0.05, 0.1) is 28.3 Å². The van der Waals surface area contributed by atoms with Crippen LogP contribution in [0.15, 0.2) is 12.1 Å². The average molecular weight is 552 g/mol. The van der Waals surface area contributed by atoms with Crippen LogP contribution in [0, 0.1) is 5.41 Å². The summed E-state index contributed by atoms with van der Waals surface area (Å²) in [6, 6.07) is 2.55. The van der Waals surface area contributed by atoms with E-state index in [4.69, 9.17) is 14.5 Å². The van der Waals surface area contributed by atoms with Gasteiger partial charge in [0, 0.05) is 37.2 Å². The van der Waals surface area contributed by atoms with Crippen molar-refractivity contribution in [2.24, 2.45) is 0 Å². The summed E-state index contributed by atoms with van der Waals surface area (Å²) < 4.78 is 94.0. The Kier molecular flexibility index (Phi) is 9.03. The van der Waals surface area contributed by atoms with E-state index in [9.17, 15) is 30.0 Å². The number of thiazole rings is 1. The van der Waals surface area contributed by atoms with Gasteiger partial charge in [0.2, 0.25) is 0 Å². The predicted molar refractivity (Wildman–Crippen MR) is 122 cm³/mol. The summed E-state index contributed by atoms with van der Waals surface area (Å²) in [6.45, 7) is 2.56. The van der Waals surface area contributed by atoms with Crippen LogP contribution in [0.25, 0.3) is 10.2 Å². The molecule has 3 N–H and O–H groups in total. The number of thioether (sulfide) groups is 1. The Balaban J connectivity index is 0.000000327. The highest BCUT2D eigenvalue weighted by atomic mass is 32.2. The van der Waals surface area contributed by atoms with Gasteiger partial charge in [0.25, 0.3) is 20.2 Å². The molecule has 2 aromatic rings. The molecule has 2 aliphatic heterocycles. The molecular formula is C17H24F3N3O6S4. The smallest absolute Gasteiger partial charge is 0.317 e. The Bertz CT molecular complexity index is 1200. The molecule has 1 saturated heterocycles. The fourth-order valence-electron chi connectivity index (χ4n) is 3.56. The number of rotatable bonds is 1. The molecule has 33 heavy (non-hydrogen) atoms. The lowest BCUT2D eigenvalue weighted by Crippen LogP contribution is -2.38. The molecule has 4 rings (SSSR count). The minimum atomic E-state index is -4.35. The van der Waals surface area contributed by atoms with Gasteiger partial charge in [0.15, 0.2) is 4.80 Å². The first kappa shape index (κ1) is 28.1. The third-order valence-electron chi connectivity index (χ3n) is 4.63. The van der Waals surface area contributed by atoms with Crippen LogP contribution in [0.4, 0.5) is 13.2 Å². The highest BCUT2D eigenvalue weighted by Crippen LogP contribution is 2.41. The molecule has 1 atom stereocenters. The summed E-state index contributed by atoms with van der Waals surface area (Å²) in [6.07, 6.45) is -2.14. The van der Waals surface area contributed by atoms with Crippen LogP contribution in [0.5, 0.6) is 0 Å². The third-order valence-corrected chi connectivity index (χ3v) is 6.51. The van der Waals surface area contributed by atoms with Crippen LogP contribution in [-0.2, 0) is 33.0 Å². The summed E-state index contributed by atoms with van der Waals surface area (Å²) >= 11 is 3.04. The topological polar surface area (TPSA) is 141 Å². The maximum Gasteiger partial charge on any atom is 0.416 e. The van der Waals surface area contributed by atoms with Gasteiger partial charge in [-0.25, -0.2) is 0 Å². The lowest BCUT2D eigenvalue weighted by molar-refractivity contribution is -0.137. The summed E-state index contributed by atoms with van der Waals surface area (Å²) in [4.78, 5) is 2.66. The van der Waals surface area contributed by atoms with E-state index in [0.717, 1.165) is 53.4 Å². The molecule has 0 saturated carbocycles. The molecule has 0 unspecified atom stereocenters. The number of hydrogen-bond acceptors (Lipinski definition) is 8. The van der Waals surface area contributed by atoms with Gasteiger partial charge in [-0.2, -0.15) is 41.8 Å². The van der Waals surface area contributed by atoms with Crippen LogP contribution in [0.2, 0.25) is 0 Å². The first-order valence-electron chi connectivity index (χ1n) is 9.41. The molecule has 188 valence electrons. The number of aromatic nitrogens is 1. The summed E-state index contributed by atoms with van der Waals surface area (Å²) in [5.74, 6) is 2.07. The highest BCUT2D eigenvalue weighted by molar-refractivity contribution is 7.99. The van der Waals surface area contributed by atoms with Crippen molar-refractivity contribution in [2.45, 2.75) is 25.2 Å². The monoisotopic (exact) mass is 551 g/mol. The first-order valence-corrected chi connectivity index (χ1v) is 15.1. The summed E-state index contributed by atoms with van der Waals surface area (Å²) in [7, 11) is -7.33. The molecule has 16 heteroatoms. The Morgan fingerprint density at radius 2 is 1.55 bits per heavy atom. The Morgan fingerprint density at radius 3 is 2.03 bits per heavy atom. The number of halogens is 3. The number of benzene rings is 1. The van der Waals surface area contributed by atoms with Crippen molar-refractivity contribution in [3.63, 3.8) is 0 Å². The van der Waals surface area contributed by atoms with Crippen molar-refractivity contribution >= 4 is 53.6 Å². The van der Waals surface area contributed by atoms with Gasteiger partial charge < -0.3 is 4.57 Å². The van der Waals surface area contributed by atoms with Gasteiger partial charge in [-0.15, -0.1) is 0 Å². The van der Waals surface area contributed by atoms with Crippen molar-refractivity contribution in [3.8, 4) is 0 Å². The van der Waals surface area contributed by atoms with Gasteiger partial charge in [-0.05, 0) is 24.1 Å². The van der Waals surface area contributed by atoms with Gasteiger partial charge in [-0.3, -0.25) is 19.4 Å². The predicted octanol–water partition coefficient (Wildman–Crippen LogP) is 2.70. The van der Waals surface area contributed by atoms with Crippen molar-refractivity contribution in [3.05, 3.63) is 28.1 Å². The summed E-state index contributed by atoms with van der Waals surface area (Å²) in [5.41, 5.74) is 0.997. The van der Waals surface area contributed by atoms with E-state index in [1.165, 1.54) is 12.1 Å². The molecule has 3 heterocycles. The number of nitrogens with one attached hydrogen (secondary N) is 1. The van der Waals surface area contributed by atoms with Gasteiger partial charge in [-0.1, -0.05) is 11.3 Å². The van der Waals surface area contributed by atoms with Crippen molar-refractivity contribution in [2.75, 3.05) is 37.1 Å². The molecular weight excluding hydrogens is 527 g/mol. The zero-order valence-corrected chi connectivity index (χ0v) is 20.9. The van der Waals surface area contributed by atoms with Crippen LogP contribution < -0.4 is 4.80 Å². The molecule has 0 bridgehead atoms. The Hall–Kier alpha value is -1.17. The Labute approximate surface area is 197 Å². The van der Waals surface area contributed by atoms with Crippen molar-refractivity contribution in [1.82, 2.24) is 9.47 Å². The fourth-order valence-corrected chi connectivity index (χ4v) is 5.51. The second-order valence-electron chi connectivity index (χ2n) is 7.39. The van der Waals surface area contributed by atoms with E-state index in [-0.39, 0.29) is 6.04 Å². The van der Waals surface area contributed by atoms with Crippen LogP contribution >= 0.6 is 23.1 Å². The van der Waals surface area contributed by atoms with E-state index >= 15 is 0 Å². The molecule has 1 aromatic heterocycles. The van der Waals surface area contributed by atoms with Crippen molar-refractivity contribution < 1.29 is 39.1 Å². The lowest BCUT2D eigenvalue weighted by Gasteiger charge is -2.37. The minimum absolute atomic E-state index is 0.0368. The second-order valence-corrected chi connectivity index (χ2v) is 12.6. The highest BCUT2D eigenvalue weighted by Gasteiger charge is 2.35. The largest absolute Gasteiger partial charge is 0.416 e. The average Bonchev–Trinajstić information content (AvgIpc) is 2.96. The minimum Gasteiger partial charge on any atom is -0.317 e. The van der Waals surface area contributed by atoms with Crippen molar-refractivity contribution in [1.29, 1.82) is 5.41 Å². The van der Waals surface area contributed by atoms with Gasteiger partial charge >= 0.3 is 6.18 Å². The van der Waals surface area contributed by atoms with E-state index in [1.807, 2.05) is 16.3 Å². The first-order chi connectivity index (χ1) is 14.9. The molecule has 0 radical (unpaired) electrons. The molecule has 1 fully saturated rings. The van der Waals surface area contributed by atoms with E-state index in [2.05, 4.69) is 4.90 Å². The van der Waals surface area contributed by atoms with Gasteiger partial charge in [0.1, 0.15) is 0 Å². The summed E-state index contributed by atoms with van der Waals surface area (Å²) in [5, 5.41) is 8.05. The SMILES string of the molecule is CS(=O)(=O)O.CS(=O)(=O)O.N=c1sc2cc(C(F)(F)F)cc3c2n1CC[C@H]3N1CCSCC1. The number of nitrogens with zero attached hydrogens (tertiary/aromatic N) is 2. The second kappa shape index (κ2) is 10.6. The number of alkyl halides is 3. The normalized spacial score (nSPS) is 19.3. The van der Waals surface area contributed by atoms with E-state index in [0.29, 0.717) is 28.6 Å². The lowest BCUT2D eigenvalue weighted by atomic mass is 9.95. The quantitative estimate of drug-likeness (QED) is 0.460. The zero-order valence-electron chi connectivity index (χ0n) is 17.7. The maximum absolute atomic E-state index is 13.3. The fraction of sp³-hybridized carbons (Fsp3) is 0.588. The zero-order chi connectivity index (χ0) is 25.2. The number of hydrogen-bond donors (Lipinski definition) is 3. The van der Waals surface area contributed by atoms with E-state index < -0.39 is 32.0 Å². The van der Waals surface area contributed by atoms with Crippen LogP contribution in [0.3, 0.4) is 0 Å². The standard InChI is InChI=1S/C15H16F3N3S2.2CH4O3S/c16-15(17,18)9-7-10-11(20-3-5-22-6-4-20)1-2-21-13(10)12(8-9)23-14(21)19;2*1-5(2,3)4/h7-8,11,19H,1-6H2;2*1H3,(H,2,3,4)/t11-;;/m1../s1. The molecule has 1 aromatic carbocycles. The molecule has 2 aliphatic rings. The van der Waals surface area contributed by atoms with E-state index in [1.54, 1.807) is 0 Å². The third kappa shape index (κ3) is 8.84. The number of aryl methyl sites for hydroxylation is 1.